The van der Waals surface area contributed by atoms with Gasteiger partial charge in [0.05, 0.1) is 12.0 Å². The van der Waals surface area contributed by atoms with E-state index in [-0.39, 0.29) is 12.5 Å². The molecule has 0 bridgehead atoms. The summed E-state index contributed by atoms with van der Waals surface area (Å²) in [6.45, 7) is 3.56. The van der Waals surface area contributed by atoms with Crippen molar-refractivity contribution in [3.05, 3.63) is 0 Å². The average molecular weight is 212 g/mol. The zero-order valence-corrected chi connectivity index (χ0v) is 9.41. The molecular formula is C11H20N2O2. The molecular weight excluding hydrogens is 192 g/mol. The van der Waals surface area contributed by atoms with Crippen LogP contribution in [0.3, 0.4) is 0 Å². The van der Waals surface area contributed by atoms with Gasteiger partial charge in [-0.2, -0.15) is 0 Å². The molecule has 2 aliphatic rings. The number of hydrogen-bond donors (Lipinski definition) is 1. The van der Waals surface area contributed by atoms with Crippen LogP contribution in [0.25, 0.3) is 0 Å². The SMILES string of the molecule is CN1CCN(C(=O)C2(CO)CCC2)CC1. The number of rotatable bonds is 2. The van der Waals surface area contributed by atoms with Gasteiger partial charge in [0.2, 0.25) is 5.91 Å². The molecule has 0 aromatic carbocycles. The Bertz CT molecular complexity index is 237. The van der Waals surface area contributed by atoms with Gasteiger partial charge >= 0.3 is 0 Å². The van der Waals surface area contributed by atoms with Crippen LogP contribution in [0.5, 0.6) is 0 Å². The first-order chi connectivity index (χ1) is 7.18. The fraction of sp³-hybridized carbons (Fsp3) is 0.909. The first-order valence-corrected chi connectivity index (χ1v) is 5.77. The molecule has 2 fully saturated rings. The molecule has 1 amide bonds. The Morgan fingerprint density at radius 3 is 2.27 bits per heavy atom. The van der Waals surface area contributed by atoms with Crippen LogP contribution in [-0.4, -0.2) is 60.6 Å². The molecule has 15 heavy (non-hydrogen) atoms. The molecule has 0 radical (unpaired) electrons. The third kappa shape index (κ3) is 1.88. The Morgan fingerprint density at radius 1 is 1.27 bits per heavy atom. The minimum absolute atomic E-state index is 0.0260. The third-order valence-electron chi connectivity index (χ3n) is 3.86. The first-order valence-electron chi connectivity index (χ1n) is 5.77. The fourth-order valence-corrected chi connectivity index (χ4v) is 2.39. The molecule has 1 aliphatic heterocycles. The Hall–Kier alpha value is -0.610. The molecule has 1 saturated heterocycles. The molecule has 4 heteroatoms. The van der Waals surface area contributed by atoms with Crippen molar-refractivity contribution in [1.29, 1.82) is 0 Å². The average Bonchev–Trinajstić information content (AvgIpc) is 2.18. The molecule has 0 spiro atoms. The van der Waals surface area contributed by atoms with Gasteiger partial charge in [-0.3, -0.25) is 4.79 Å². The van der Waals surface area contributed by atoms with Crippen molar-refractivity contribution in [2.45, 2.75) is 19.3 Å². The minimum atomic E-state index is -0.407. The minimum Gasteiger partial charge on any atom is -0.395 e. The molecule has 1 N–H and O–H groups in total. The van der Waals surface area contributed by atoms with Crippen LogP contribution in [0.4, 0.5) is 0 Å². The smallest absolute Gasteiger partial charge is 0.231 e. The molecule has 2 rings (SSSR count). The van der Waals surface area contributed by atoms with E-state index in [9.17, 15) is 9.90 Å². The Morgan fingerprint density at radius 2 is 1.87 bits per heavy atom. The molecule has 4 nitrogen and oxygen atoms in total. The standard InChI is InChI=1S/C11H20N2O2/c1-12-5-7-13(8-6-12)10(15)11(9-14)3-2-4-11/h14H,2-9H2,1H3. The van der Waals surface area contributed by atoms with E-state index < -0.39 is 5.41 Å². The number of likely N-dealkylation sites (N-methyl/N-ethyl adjacent to an activating group) is 1. The van der Waals surface area contributed by atoms with Gasteiger partial charge in [0.1, 0.15) is 0 Å². The topological polar surface area (TPSA) is 43.8 Å². The zero-order chi connectivity index (χ0) is 10.9. The highest BCUT2D eigenvalue weighted by atomic mass is 16.3. The van der Waals surface area contributed by atoms with Crippen molar-refractivity contribution in [3.63, 3.8) is 0 Å². The van der Waals surface area contributed by atoms with E-state index >= 15 is 0 Å². The van der Waals surface area contributed by atoms with E-state index in [4.69, 9.17) is 0 Å². The number of piperazine rings is 1. The summed E-state index contributed by atoms with van der Waals surface area (Å²) in [5.41, 5.74) is -0.407. The van der Waals surface area contributed by atoms with Crippen molar-refractivity contribution < 1.29 is 9.90 Å². The van der Waals surface area contributed by atoms with Gasteiger partial charge in [0.25, 0.3) is 0 Å². The number of carbonyl (C=O) groups excluding carboxylic acids is 1. The lowest BCUT2D eigenvalue weighted by atomic mass is 9.68. The van der Waals surface area contributed by atoms with Gasteiger partial charge in [0, 0.05) is 26.2 Å². The first kappa shape index (κ1) is 10.9. The highest BCUT2D eigenvalue weighted by Gasteiger charge is 2.45. The van der Waals surface area contributed by atoms with E-state index in [1.807, 2.05) is 4.90 Å². The van der Waals surface area contributed by atoms with E-state index in [1.165, 1.54) is 0 Å². The highest BCUT2D eigenvalue weighted by Crippen LogP contribution is 2.42. The number of carbonyl (C=O) groups is 1. The van der Waals surface area contributed by atoms with Gasteiger partial charge in [0.15, 0.2) is 0 Å². The summed E-state index contributed by atoms with van der Waals surface area (Å²) < 4.78 is 0. The fourth-order valence-electron chi connectivity index (χ4n) is 2.39. The van der Waals surface area contributed by atoms with Gasteiger partial charge < -0.3 is 14.9 Å². The number of aliphatic hydroxyl groups excluding tert-OH is 1. The second-order valence-corrected chi connectivity index (χ2v) is 4.89. The molecule has 0 atom stereocenters. The quantitative estimate of drug-likeness (QED) is 0.696. The molecule has 0 aromatic rings. The van der Waals surface area contributed by atoms with E-state index in [1.54, 1.807) is 0 Å². The number of amides is 1. The predicted octanol–water partition coefficient (Wildman–Crippen LogP) is -0.0770. The monoisotopic (exact) mass is 212 g/mol. The summed E-state index contributed by atoms with van der Waals surface area (Å²) in [5.74, 6) is 0.185. The lowest BCUT2D eigenvalue weighted by molar-refractivity contribution is -0.152. The zero-order valence-electron chi connectivity index (χ0n) is 9.41. The number of aliphatic hydroxyl groups is 1. The van der Waals surface area contributed by atoms with Gasteiger partial charge in [-0.05, 0) is 19.9 Å². The van der Waals surface area contributed by atoms with Crippen LogP contribution in [0.15, 0.2) is 0 Å². The van der Waals surface area contributed by atoms with Crippen LogP contribution in [0.2, 0.25) is 0 Å². The lowest BCUT2D eigenvalue weighted by Gasteiger charge is -2.44. The lowest BCUT2D eigenvalue weighted by Crippen LogP contribution is -2.55. The summed E-state index contributed by atoms with van der Waals surface area (Å²) in [7, 11) is 2.08. The Kier molecular flexibility index (Phi) is 2.98. The normalized spacial score (nSPS) is 26.1. The number of nitrogens with zero attached hydrogens (tertiary/aromatic N) is 2. The van der Waals surface area contributed by atoms with Crippen molar-refractivity contribution in [2.75, 3.05) is 39.8 Å². The van der Waals surface area contributed by atoms with Crippen molar-refractivity contribution in [2.24, 2.45) is 5.41 Å². The van der Waals surface area contributed by atoms with Crippen LogP contribution in [0.1, 0.15) is 19.3 Å². The van der Waals surface area contributed by atoms with E-state index in [2.05, 4.69) is 11.9 Å². The van der Waals surface area contributed by atoms with Crippen LogP contribution < -0.4 is 0 Å². The Labute approximate surface area is 90.9 Å². The molecule has 0 aromatic heterocycles. The summed E-state index contributed by atoms with van der Waals surface area (Å²) in [6.07, 6.45) is 2.82. The number of hydrogen-bond acceptors (Lipinski definition) is 3. The summed E-state index contributed by atoms with van der Waals surface area (Å²) in [6, 6.07) is 0. The van der Waals surface area contributed by atoms with E-state index in [0.29, 0.717) is 0 Å². The van der Waals surface area contributed by atoms with Crippen LogP contribution >= 0.6 is 0 Å². The third-order valence-corrected chi connectivity index (χ3v) is 3.86. The summed E-state index contributed by atoms with van der Waals surface area (Å²) >= 11 is 0. The second-order valence-electron chi connectivity index (χ2n) is 4.89. The van der Waals surface area contributed by atoms with Crippen molar-refractivity contribution >= 4 is 5.91 Å². The maximum Gasteiger partial charge on any atom is 0.231 e. The van der Waals surface area contributed by atoms with Crippen LogP contribution in [0, 0.1) is 5.41 Å². The second kappa shape index (κ2) is 4.10. The largest absolute Gasteiger partial charge is 0.395 e. The van der Waals surface area contributed by atoms with Gasteiger partial charge in [-0.1, -0.05) is 6.42 Å². The van der Waals surface area contributed by atoms with E-state index in [0.717, 1.165) is 45.4 Å². The summed E-state index contributed by atoms with van der Waals surface area (Å²) in [5, 5.41) is 9.33. The molecule has 0 unspecified atom stereocenters. The van der Waals surface area contributed by atoms with Gasteiger partial charge in [-0.25, -0.2) is 0 Å². The predicted molar refractivity (Wildman–Crippen MR) is 57.4 cm³/mol. The van der Waals surface area contributed by atoms with Gasteiger partial charge in [-0.15, -0.1) is 0 Å². The summed E-state index contributed by atoms with van der Waals surface area (Å²) in [4.78, 5) is 16.3. The molecule has 1 aliphatic carbocycles. The van der Waals surface area contributed by atoms with Crippen LogP contribution in [-0.2, 0) is 4.79 Å². The highest BCUT2D eigenvalue weighted by molar-refractivity contribution is 5.83. The molecule has 86 valence electrons. The van der Waals surface area contributed by atoms with Crippen molar-refractivity contribution in [1.82, 2.24) is 9.80 Å². The molecule has 1 saturated carbocycles. The Balaban J connectivity index is 1.95. The maximum atomic E-state index is 12.2. The maximum absolute atomic E-state index is 12.2. The molecule has 1 heterocycles. The van der Waals surface area contributed by atoms with Crippen molar-refractivity contribution in [3.8, 4) is 0 Å².